The summed E-state index contributed by atoms with van der Waals surface area (Å²) in [5, 5.41) is 2.78. The number of hydrogen-bond donors (Lipinski definition) is 2. The predicted octanol–water partition coefficient (Wildman–Crippen LogP) is 1.82. The number of carbonyl (C=O) groups is 1. The van der Waals surface area contributed by atoms with Crippen molar-refractivity contribution in [2.24, 2.45) is 5.73 Å². The van der Waals surface area contributed by atoms with Gasteiger partial charge in [-0.3, -0.25) is 9.78 Å². The molecule has 2 rings (SSSR count). The third-order valence-electron chi connectivity index (χ3n) is 3.23. The van der Waals surface area contributed by atoms with Crippen LogP contribution in [0.25, 0.3) is 0 Å². The summed E-state index contributed by atoms with van der Waals surface area (Å²) in [7, 11) is 0. The number of halogens is 1. The van der Waals surface area contributed by atoms with Crippen molar-refractivity contribution in [1.29, 1.82) is 0 Å². The van der Waals surface area contributed by atoms with Crippen molar-refractivity contribution in [3.63, 3.8) is 0 Å². The molecule has 1 amide bonds. The first-order valence-electron chi connectivity index (χ1n) is 6.24. The van der Waals surface area contributed by atoms with Crippen molar-refractivity contribution in [2.45, 2.75) is 12.5 Å². The van der Waals surface area contributed by atoms with Crippen LogP contribution < -0.4 is 11.1 Å². The maximum Gasteiger partial charge on any atom is 0.255 e. The van der Waals surface area contributed by atoms with Crippen LogP contribution in [0.4, 0.5) is 4.39 Å². The predicted molar refractivity (Wildman–Crippen MR) is 74.5 cm³/mol. The zero-order valence-electron chi connectivity index (χ0n) is 11.1. The fourth-order valence-electron chi connectivity index (χ4n) is 1.92. The molecule has 1 atom stereocenters. The normalized spacial score (nSPS) is 13.6. The Balaban J connectivity index is 2.27. The van der Waals surface area contributed by atoms with Crippen molar-refractivity contribution >= 4 is 5.91 Å². The number of aromatic nitrogens is 1. The molecule has 0 radical (unpaired) electrons. The Bertz CT molecular complexity index is 603. The van der Waals surface area contributed by atoms with Crippen molar-refractivity contribution in [1.82, 2.24) is 10.3 Å². The second kappa shape index (κ2) is 5.79. The topological polar surface area (TPSA) is 68.0 Å². The molecular formula is C15H16FN3O. The highest BCUT2D eigenvalue weighted by Gasteiger charge is 2.28. The van der Waals surface area contributed by atoms with E-state index in [1.807, 2.05) is 30.3 Å². The number of nitrogens with two attached hydrogens (primary N) is 1. The van der Waals surface area contributed by atoms with E-state index in [4.69, 9.17) is 5.73 Å². The van der Waals surface area contributed by atoms with Gasteiger partial charge in [0.05, 0.1) is 17.3 Å². The molecule has 0 saturated carbocycles. The molecule has 1 aromatic carbocycles. The molecule has 2 aromatic rings. The molecule has 104 valence electrons. The van der Waals surface area contributed by atoms with Crippen LogP contribution in [-0.2, 0) is 5.54 Å². The molecule has 20 heavy (non-hydrogen) atoms. The maximum atomic E-state index is 13.6. The zero-order chi connectivity index (χ0) is 14.6. The molecule has 0 saturated heterocycles. The van der Waals surface area contributed by atoms with Crippen LogP contribution in [-0.4, -0.2) is 17.4 Å². The van der Waals surface area contributed by atoms with Gasteiger partial charge in [-0.1, -0.05) is 30.3 Å². The van der Waals surface area contributed by atoms with Crippen LogP contribution in [0.2, 0.25) is 0 Å². The van der Waals surface area contributed by atoms with Crippen LogP contribution in [0.3, 0.4) is 0 Å². The number of hydrogen-bond acceptors (Lipinski definition) is 3. The lowest BCUT2D eigenvalue weighted by atomic mass is 9.91. The molecule has 3 N–H and O–H groups in total. The van der Waals surface area contributed by atoms with E-state index < -0.39 is 17.3 Å². The number of nitrogens with one attached hydrogen (secondary N) is 1. The Morgan fingerprint density at radius 1 is 1.35 bits per heavy atom. The molecule has 5 heteroatoms. The second-order valence-electron chi connectivity index (χ2n) is 4.71. The van der Waals surface area contributed by atoms with Gasteiger partial charge in [-0.25, -0.2) is 4.39 Å². The average Bonchev–Trinajstić information content (AvgIpc) is 2.48. The highest BCUT2D eigenvalue weighted by Crippen LogP contribution is 2.20. The number of amides is 1. The summed E-state index contributed by atoms with van der Waals surface area (Å²) in [5.74, 6) is -1.17. The molecule has 0 bridgehead atoms. The van der Waals surface area contributed by atoms with Crippen molar-refractivity contribution in [3.8, 4) is 0 Å². The van der Waals surface area contributed by atoms with Gasteiger partial charge in [-0.15, -0.1) is 0 Å². The lowest BCUT2D eigenvalue weighted by molar-refractivity contribution is 0.0903. The molecule has 1 aromatic heterocycles. The zero-order valence-corrected chi connectivity index (χ0v) is 11.1. The summed E-state index contributed by atoms with van der Waals surface area (Å²) >= 11 is 0. The number of pyridine rings is 1. The molecule has 0 aliphatic rings. The highest BCUT2D eigenvalue weighted by atomic mass is 19.1. The fraction of sp³-hybridized carbons (Fsp3) is 0.200. The summed E-state index contributed by atoms with van der Waals surface area (Å²) in [4.78, 5) is 15.8. The molecule has 0 spiro atoms. The third kappa shape index (κ3) is 2.83. The number of benzene rings is 1. The van der Waals surface area contributed by atoms with Gasteiger partial charge < -0.3 is 11.1 Å². The van der Waals surface area contributed by atoms with Gasteiger partial charge in [-0.2, -0.15) is 0 Å². The first-order valence-corrected chi connectivity index (χ1v) is 6.24. The lowest BCUT2D eigenvalue weighted by Crippen LogP contribution is -2.49. The van der Waals surface area contributed by atoms with Crippen molar-refractivity contribution < 1.29 is 9.18 Å². The van der Waals surface area contributed by atoms with Gasteiger partial charge in [0.15, 0.2) is 5.82 Å². The van der Waals surface area contributed by atoms with E-state index >= 15 is 0 Å². The van der Waals surface area contributed by atoms with E-state index in [2.05, 4.69) is 10.3 Å². The van der Waals surface area contributed by atoms with Crippen LogP contribution >= 0.6 is 0 Å². The minimum Gasteiger partial charge on any atom is -0.341 e. The van der Waals surface area contributed by atoms with Gasteiger partial charge in [0.1, 0.15) is 0 Å². The Morgan fingerprint density at radius 2 is 2.05 bits per heavy atom. The van der Waals surface area contributed by atoms with Gasteiger partial charge in [0, 0.05) is 12.7 Å². The number of rotatable bonds is 4. The van der Waals surface area contributed by atoms with E-state index in [0.717, 1.165) is 11.8 Å². The summed E-state index contributed by atoms with van der Waals surface area (Å²) in [6.07, 6.45) is 2.39. The van der Waals surface area contributed by atoms with E-state index in [-0.39, 0.29) is 12.1 Å². The van der Waals surface area contributed by atoms with E-state index in [1.54, 1.807) is 6.92 Å². The smallest absolute Gasteiger partial charge is 0.255 e. The monoisotopic (exact) mass is 273 g/mol. The van der Waals surface area contributed by atoms with Gasteiger partial charge >= 0.3 is 0 Å². The van der Waals surface area contributed by atoms with Crippen molar-refractivity contribution in [2.75, 3.05) is 6.54 Å². The van der Waals surface area contributed by atoms with Gasteiger partial charge in [-0.05, 0) is 18.6 Å². The average molecular weight is 273 g/mol. The molecule has 0 aliphatic heterocycles. The Morgan fingerprint density at radius 3 is 2.65 bits per heavy atom. The molecule has 1 heterocycles. The quantitative estimate of drug-likeness (QED) is 0.893. The van der Waals surface area contributed by atoms with E-state index in [0.29, 0.717) is 0 Å². The largest absolute Gasteiger partial charge is 0.341 e. The number of carbonyl (C=O) groups excluding carboxylic acids is 1. The molecule has 1 unspecified atom stereocenters. The third-order valence-corrected chi connectivity index (χ3v) is 3.23. The van der Waals surface area contributed by atoms with Gasteiger partial charge in [0.25, 0.3) is 5.91 Å². The minimum atomic E-state index is -0.756. The van der Waals surface area contributed by atoms with Crippen LogP contribution in [0, 0.1) is 5.82 Å². The highest BCUT2D eigenvalue weighted by molar-refractivity contribution is 5.94. The number of nitrogens with zero attached hydrogens (tertiary/aromatic N) is 1. The molecule has 0 aliphatic carbocycles. The van der Waals surface area contributed by atoms with Gasteiger partial charge in [0.2, 0.25) is 0 Å². The van der Waals surface area contributed by atoms with Crippen LogP contribution in [0.1, 0.15) is 22.8 Å². The fourth-order valence-corrected chi connectivity index (χ4v) is 1.92. The summed E-state index contributed by atoms with van der Waals surface area (Å²) < 4.78 is 13.6. The first kappa shape index (κ1) is 14.1. The molecular weight excluding hydrogens is 257 g/mol. The Labute approximate surface area is 116 Å². The second-order valence-corrected chi connectivity index (χ2v) is 4.71. The summed E-state index contributed by atoms with van der Waals surface area (Å²) in [6.45, 7) is 2.01. The minimum absolute atomic E-state index is 0.0457. The Hall–Kier alpha value is -2.27. The van der Waals surface area contributed by atoms with E-state index in [9.17, 15) is 9.18 Å². The molecule has 0 fully saturated rings. The lowest BCUT2D eigenvalue weighted by Gasteiger charge is -2.30. The Kier molecular flexibility index (Phi) is 4.10. The van der Waals surface area contributed by atoms with E-state index in [1.165, 1.54) is 12.3 Å². The summed E-state index contributed by atoms with van der Waals surface area (Å²) in [5.41, 5.74) is 5.85. The standard InChI is InChI=1S/C15H16FN3O/c1-15(10-17,11-5-3-2-4-6-11)19-14(20)12-7-8-18-9-13(12)16/h2-9H,10,17H2,1H3,(H,19,20). The SMILES string of the molecule is CC(CN)(NC(=O)c1ccncc1F)c1ccccc1. The van der Waals surface area contributed by atoms with Crippen molar-refractivity contribution in [3.05, 3.63) is 65.7 Å². The van der Waals surface area contributed by atoms with Crippen LogP contribution in [0.15, 0.2) is 48.8 Å². The maximum absolute atomic E-state index is 13.6. The molecule has 4 nitrogen and oxygen atoms in total. The first-order chi connectivity index (χ1) is 9.57. The summed E-state index contributed by atoms with van der Waals surface area (Å²) in [6, 6.07) is 10.7. The van der Waals surface area contributed by atoms with Crippen LogP contribution in [0.5, 0.6) is 0 Å².